The number of rotatable bonds is 4. The number of aromatic nitrogens is 1. The van der Waals surface area contributed by atoms with E-state index >= 15 is 0 Å². The molecular formula is C9H16N4OS. The summed E-state index contributed by atoms with van der Waals surface area (Å²) in [6, 6.07) is -0.138. The predicted molar refractivity (Wildman–Crippen MR) is 61.5 cm³/mol. The maximum atomic E-state index is 11.6. The van der Waals surface area contributed by atoms with Gasteiger partial charge < -0.3 is 11.1 Å². The first-order valence-electron chi connectivity index (χ1n) is 4.64. The molecule has 1 aromatic heterocycles. The van der Waals surface area contributed by atoms with Gasteiger partial charge >= 0.3 is 0 Å². The van der Waals surface area contributed by atoms with E-state index in [4.69, 9.17) is 5.73 Å². The Morgan fingerprint density at radius 3 is 2.87 bits per heavy atom. The fourth-order valence-electron chi connectivity index (χ4n) is 0.964. The Morgan fingerprint density at radius 1 is 1.73 bits per heavy atom. The molecule has 0 saturated carbocycles. The number of carbonyl (C=O) groups excluding carboxylic acids is 1. The van der Waals surface area contributed by atoms with Crippen molar-refractivity contribution in [3.05, 3.63) is 11.1 Å². The van der Waals surface area contributed by atoms with E-state index in [1.165, 1.54) is 11.3 Å². The largest absolute Gasteiger partial charge is 0.375 e. The lowest BCUT2D eigenvalue weighted by atomic mass is 10.3. The van der Waals surface area contributed by atoms with Crippen LogP contribution in [0.5, 0.6) is 0 Å². The highest BCUT2D eigenvalue weighted by Gasteiger charge is 2.14. The van der Waals surface area contributed by atoms with Gasteiger partial charge in [0.25, 0.3) is 0 Å². The molecule has 6 heteroatoms. The van der Waals surface area contributed by atoms with Gasteiger partial charge in [0.15, 0.2) is 5.13 Å². The minimum Gasteiger partial charge on any atom is -0.375 e. The van der Waals surface area contributed by atoms with E-state index in [-0.39, 0.29) is 11.9 Å². The van der Waals surface area contributed by atoms with Crippen molar-refractivity contribution in [1.29, 1.82) is 0 Å². The van der Waals surface area contributed by atoms with Crippen molar-refractivity contribution < 1.29 is 4.79 Å². The van der Waals surface area contributed by atoms with Gasteiger partial charge in [-0.25, -0.2) is 4.98 Å². The third-order valence-electron chi connectivity index (χ3n) is 2.17. The van der Waals surface area contributed by atoms with Crippen LogP contribution in [-0.2, 0) is 11.3 Å². The van der Waals surface area contributed by atoms with Gasteiger partial charge in [0.1, 0.15) is 0 Å². The third-order valence-corrected chi connectivity index (χ3v) is 2.89. The van der Waals surface area contributed by atoms with Crippen molar-refractivity contribution in [2.24, 2.45) is 0 Å². The second kappa shape index (κ2) is 5.09. The molecule has 0 aliphatic rings. The van der Waals surface area contributed by atoms with Crippen molar-refractivity contribution in [1.82, 2.24) is 15.2 Å². The van der Waals surface area contributed by atoms with Gasteiger partial charge in [-0.3, -0.25) is 9.69 Å². The summed E-state index contributed by atoms with van der Waals surface area (Å²) in [5.41, 5.74) is 6.28. The molecule has 0 aliphatic heterocycles. The van der Waals surface area contributed by atoms with Crippen LogP contribution in [0.3, 0.4) is 0 Å². The average Bonchev–Trinajstić information content (AvgIpc) is 2.59. The summed E-state index contributed by atoms with van der Waals surface area (Å²) in [6.07, 6.45) is 0. The molecule has 0 aliphatic carbocycles. The van der Waals surface area contributed by atoms with E-state index < -0.39 is 0 Å². The maximum Gasteiger partial charge on any atom is 0.237 e. The summed E-state index contributed by atoms with van der Waals surface area (Å²) in [4.78, 5) is 17.5. The number of thiazole rings is 1. The summed E-state index contributed by atoms with van der Waals surface area (Å²) in [6.45, 7) is 2.29. The molecule has 0 fully saturated rings. The first-order valence-corrected chi connectivity index (χ1v) is 5.52. The SMILES string of the molecule is C[C@@H](C(=O)NCc1csc(N)n1)N(C)C. The van der Waals surface area contributed by atoms with E-state index in [1.807, 2.05) is 31.3 Å². The molecule has 0 radical (unpaired) electrons. The Balaban J connectivity index is 2.40. The summed E-state index contributed by atoms with van der Waals surface area (Å²) in [5.74, 6) is -0.00780. The predicted octanol–water partition coefficient (Wildman–Crippen LogP) is 0.292. The number of hydrogen-bond donors (Lipinski definition) is 2. The molecule has 0 unspecified atom stereocenters. The number of hydrogen-bond acceptors (Lipinski definition) is 5. The molecule has 3 N–H and O–H groups in total. The average molecular weight is 228 g/mol. The molecule has 0 bridgehead atoms. The van der Waals surface area contributed by atoms with E-state index in [2.05, 4.69) is 10.3 Å². The van der Waals surface area contributed by atoms with Gasteiger partial charge in [0, 0.05) is 5.38 Å². The van der Waals surface area contributed by atoms with Gasteiger partial charge in [0.05, 0.1) is 18.3 Å². The fraction of sp³-hybridized carbons (Fsp3) is 0.556. The first-order chi connectivity index (χ1) is 7.00. The molecule has 1 rings (SSSR count). The number of nitrogen functional groups attached to an aromatic ring is 1. The van der Waals surface area contributed by atoms with Crippen molar-refractivity contribution in [3.63, 3.8) is 0 Å². The maximum absolute atomic E-state index is 11.6. The summed E-state index contributed by atoms with van der Waals surface area (Å²) < 4.78 is 0. The first kappa shape index (κ1) is 11.9. The molecule has 15 heavy (non-hydrogen) atoms. The van der Waals surface area contributed by atoms with Gasteiger partial charge in [-0.05, 0) is 21.0 Å². The van der Waals surface area contributed by atoms with E-state index in [9.17, 15) is 4.79 Å². The molecule has 0 spiro atoms. The van der Waals surface area contributed by atoms with Crippen LogP contribution in [0.15, 0.2) is 5.38 Å². The van der Waals surface area contributed by atoms with Gasteiger partial charge in [-0.15, -0.1) is 11.3 Å². The van der Waals surface area contributed by atoms with Gasteiger partial charge in [-0.2, -0.15) is 0 Å². The van der Waals surface area contributed by atoms with Gasteiger partial charge in [0.2, 0.25) is 5.91 Å². The van der Waals surface area contributed by atoms with Crippen molar-refractivity contribution in [3.8, 4) is 0 Å². The number of carbonyl (C=O) groups is 1. The van der Waals surface area contributed by atoms with Crippen LogP contribution in [0.25, 0.3) is 0 Å². The zero-order valence-electron chi connectivity index (χ0n) is 9.15. The Bertz CT molecular complexity index is 337. The number of amides is 1. The molecule has 0 aromatic carbocycles. The Hall–Kier alpha value is -1.14. The molecule has 0 saturated heterocycles. The van der Waals surface area contributed by atoms with Crippen LogP contribution in [-0.4, -0.2) is 35.9 Å². The number of nitrogens with zero attached hydrogens (tertiary/aromatic N) is 2. The molecule has 84 valence electrons. The number of nitrogens with two attached hydrogens (primary N) is 1. The lowest BCUT2D eigenvalue weighted by Gasteiger charge is -2.18. The lowest BCUT2D eigenvalue weighted by molar-refractivity contribution is -0.125. The Morgan fingerprint density at radius 2 is 2.40 bits per heavy atom. The molecule has 1 atom stereocenters. The normalized spacial score (nSPS) is 12.8. The molecule has 1 heterocycles. The van der Waals surface area contributed by atoms with E-state index in [0.29, 0.717) is 11.7 Å². The van der Waals surface area contributed by atoms with Crippen LogP contribution in [0, 0.1) is 0 Å². The monoisotopic (exact) mass is 228 g/mol. The smallest absolute Gasteiger partial charge is 0.237 e. The summed E-state index contributed by atoms with van der Waals surface area (Å²) in [5, 5.41) is 5.17. The molecule has 1 aromatic rings. The molecular weight excluding hydrogens is 212 g/mol. The Kier molecular flexibility index (Phi) is 4.05. The zero-order chi connectivity index (χ0) is 11.4. The quantitative estimate of drug-likeness (QED) is 0.777. The van der Waals surface area contributed by atoms with Crippen molar-refractivity contribution in [2.45, 2.75) is 19.5 Å². The second-order valence-electron chi connectivity index (χ2n) is 3.53. The van der Waals surface area contributed by atoms with Crippen LogP contribution in [0.2, 0.25) is 0 Å². The number of nitrogens with one attached hydrogen (secondary N) is 1. The van der Waals surface area contributed by atoms with E-state index in [0.717, 1.165) is 5.69 Å². The minimum atomic E-state index is -0.138. The van der Waals surface area contributed by atoms with Crippen LogP contribution < -0.4 is 11.1 Å². The number of likely N-dealkylation sites (N-methyl/N-ethyl adjacent to an activating group) is 1. The lowest BCUT2D eigenvalue weighted by Crippen LogP contribution is -2.41. The van der Waals surface area contributed by atoms with Crippen LogP contribution in [0.4, 0.5) is 5.13 Å². The third kappa shape index (κ3) is 3.49. The molecule has 5 nitrogen and oxygen atoms in total. The standard InChI is InChI=1S/C9H16N4OS/c1-6(13(2)3)8(14)11-4-7-5-15-9(10)12-7/h5-6H,4H2,1-3H3,(H2,10,12)(H,11,14)/t6-/m0/s1. The van der Waals surface area contributed by atoms with E-state index in [1.54, 1.807) is 0 Å². The Labute approximate surface area is 93.3 Å². The van der Waals surface area contributed by atoms with Crippen LogP contribution in [0.1, 0.15) is 12.6 Å². The fourth-order valence-corrected chi connectivity index (χ4v) is 1.53. The van der Waals surface area contributed by atoms with Crippen LogP contribution >= 0.6 is 11.3 Å². The summed E-state index contributed by atoms with van der Waals surface area (Å²) >= 11 is 1.38. The van der Waals surface area contributed by atoms with Crippen molar-refractivity contribution in [2.75, 3.05) is 19.8 Å². The topological polar surface area (TPSA) is 71.2 Å². The minimum absolute atomic E-state index is 0.00780. The zero-order valence-corrected chi connectivity index (χ0v) is 9.97. The number of anilines is 1. The highest BCUT2D eigenvalue weighted by atomic mass is 32.1. The summed E-state index contributed by atoms with van der Waals surface area (Å²) in [7, 11) is 3.73. The van der Waals surface area contributed by atoms with Crippen molar-refractivity contribution >= 4 is 22.4 Å². The molecule has 1 amide bonds. The highest BCUT2D eigenvalue weighted by molar-refractivity contribution is 7.13. The highest BCUT2D eigenvalue weighted by Crippen LogP contribution is 2.10. The second-order valence-corrected chi connectivity index (χ2v) is 4.42. The van der Waals surface area contributed by atoms with Gasteiger partial charge in [-0.1, -0.05) is 0 Å².